The standard InChI is InChI=1S/C22H22N4O5/c1-22(15-6-7-17-18(9-15)31-12-30-17)20(28)26(21(29)24-22)11-25-10-14-5-3-2-4-13(14)8-16(25)19(23)27/h2-7,9,16H,8,10-12H2,1H3,(H2,23,27)(H,24,29)/t16-,22+/m1/s1. The lowest BCUT2D eigenvalue weighted by atomic mass is 9.91. The van der Waals surface area contributed by atoms with Crippen LogP contribution >= 0.6 is 0 Å². The van der Waals surface area contributed by atoms with Gasteiger partial charge >= 0.3 is 6.03 Å². The molecule has 0 spiro atoms. The molecule has 4 amide bonds. The number of nitrogens with two attached hydrogens (primary N) is 1. The molecule has 0 aliphatic carbocycles. The monoisotopic (exact) mass is 422 g/mol. The maximum Gasteiger partial charge on any atom is 0.326 e. The van der Waals surface area contributed by atoms with Crippen molar-refractivity contribution in [2.24, 2.45) is 5.73 Å². The number of primary amides is 1. The van der Waals surface area contributed by atoms with Gasteiger partial charge in [0.2, 0.25) is 12.7 Å². The minimum Gasteiger partial charge on any atom is -0.454 e. The molecule has 3 N–H and O–H groups in total. The van der Waals surface area contributed by atoms with Crippen molar-refractivity contribution >= 4 is 17.8 Å². The predicted octanol–water partition coefficient (Wildman–Crippen LogP) is 1.05. The van der Waals surface area contributed by atoms with Crippen LogP contribution in [0.3, 0.4) is 0 Å². The van der Waals surface area contributed by atoms with Crippen molar-refractivity contribution in [1.82, 2.24) is 15.1 Å². The van der Waals surface area contributed by atoms with Crippen molar-refractivity contribution < 1.29 is 23.9 Å². The van der Waals surface area contributed by atoms with E-state index in [2.05, 4.69) is 5.32 Å². The number of hydrogen-bond donors (Lipinski definition) is 2. The summed E-state index contributed by atoms with van der Waals surface area (Å²) in [6.07, 6.45) is 0.439. The summed E-state index contributed by atoms with van der Waals surface area (Å²) in [5.41, 5.74) is 7.07. The van der Waals surface area contributed by atoms with Gasteiger partial charge in [-0.1, -0.05) is 30.3 Å². The van der Waals surface area contributed by atoms with Gasteiger partial charge < -0.3 is 20.5 Å². The van der Waals surface area contributed by atoms with Crippen LogP contribution in [-0.4, -0.2) is 47.1 Å². The van der Waals surface area contributed by atoms with E-state index in [1.807, 2.05) is 24.3 Å². The maximum absolute atomic E-state index is 13.4. The van der Waals surface area contributed by atoms with Crippen LogP contribution in [0.2, 0.25) is 0 Å². The fourth-order valence-electron chi connectivity index (χ4n) is 4.42. The summed E-state index contributed by atoms with van der Waals surface area (Å²) in [6.45, 7) is 2.16. The van der Waals surface area contributed by atoms with Crippen LogP contribution in [0.4, 0.5) is 4.79 Å². The molecule has 5 rings (SSSR count). The van der Waals surface area contributed by atoms with Gasteiger partial charge in [0.1, 0.15) is 5.54 Å². The first-order valence-corrected chi connectivity index (χ1v) is 10.0. The lowest BCUT2D eigenvalue weighted by Gasteiger charge is -2.36. The molecular formula is C22H22N4O5. The topological polar surface area (TPSA) is 114 Å². The van der Waals surface area contributed by atoms with Crippen molar-refractivity contribution in [2.45, 2.75) is 31.5 Å². The van der Waals surface area contributed by atoms with Crippen molar-refractivity contribution in [3.05, 3.63) is 59.2 Å². The largest absolute Gasteiger partial charge is 0.454 e. The van der Waals surface area contributed by atoms with Crippen molar-refractivity contribution in [1.29, 1.82) is 0 Å². The molecule has 3 aliphatic rings. The minimum absolute atomic E-state index is 0.0350. The molecule has 2 atom stereocenters. The SMILES string of the molecule is C[C@@]1(c2ccc3c(c2)OCO3)NC(=O)N(CN2Cc3ccccc3C[C@@H]2C(N)=O)C1=O. The molecule has 2 aromatic carbocycles. The second kappa shape index (κ2) is 6.98. The third-order valence-corrected chi connectivity index (χ3v) is 6.22. The summed E-state index contributed by atoms with van der Waals surface area (Å²) >= 11 is 0. The van der Waals surface area contributed by atoms with Gasteiger partial charge in [0.05, 0.1) is 12.7 Å². The number of carbonyl (C=O) groups excluding carboxylic acids is 3. The Morgan fingerprint density at radius 1 is 1.16 bits per heavy atom. The maximum atomic E-state index is 13.4. The van der Waals surface area contributed by atoms with E-state index in [-0.39, 0.29) is 13.5 Å². The van der Waals surface area contributed by atoms with E-state index in [0.29, 0.717) is 30.0 Å². The highest BCUT2D eigenvalue weighted by Crippen LogP contribution is 2.38. The molecule has 0 aromatic heterocycles. The molecule has 2 aromatic rings. The van der Waals surface area contributed by atoms with Crippen LogP contribution in [0, 0.1) is 0 Å². The van der Waals surface area contributed by atoms with E-state index >= 15 is 0 Å². The number of carbonyl (C=O) groups is 3. The smallest absolute Gasteiger partial charge is 0.326 e. The van der Waals surface area contributed by atoms with E-state index in [1.54, 1.807) is 30.0 Å². The Hall–Kier alpha value is -3.59. The zero-order valence-corrected chi connectivity index (χ0v) is 17.0. The minimum atomic E-state index is -1.26. The fourth-order valence-corrected chi connectivity index (χ4v) is 4.42. The lowest BCUT2D eigenvalue weighted by Crippen LogP contribution is -2.53. The van der Waals surface area contributed by atoms with Gasteiger partial charge in [-0.2, -0.15) is 0 Å². The van der Waals surface area contributed by atoms with Crippen molar-refractivity contribution in [3.63, 3.8) is 0 Å². The second-order valence-electron chi connectivity index (χ2n) is 8.14. The molecule has 3 aliphatic heterocycles. The molecular weight excluding hydrogens is 400 g/mol. The Morgan fingerprint density at radius 3 is 2.68 bits per heavy atom. The molecule has 0 bridgehead atoms. The number of nitrogens with zero attached hydrogens (tertiary/aromatic N) is 2. The quantitative estimate of drug-likeness (QED) is 0.712. The molecule has 1 fully saturated rings. The molecule has 0 unspecified atom stereocenters. The van der Waals surface area contributed by atoms with E-state index in [1.165, 1.54) is 0 Å². The highest BCUT2D eigenvalue weighted by molar-refractivity contribution is 6.07. The molecule has 3 heterocycles. The first-order valence-electron chi connectivity index (χ1n) is 10.0. The van der Waals surface area contributed by atoms with E-state index < -0.39 is 29.4 Å². The Morgan fingerprint density at radius 2 is 1.90 bits per heavy atom. The molecule has 0 saturated carbocycles. The molecule has 0 radical (unpaired) electrons. The number of rotatable bonds is 4. The number of fused-ring (bicyclic) bond motifs is 2. The van der Waals surface area contributed by atoms with Crippen LogP contribution in [0.5, 0.6) is 11.5 Å². The summed E-state index contributed by atoms with van der Waals surface area (Å²) < 4.78 is 10.7. The van der Waals surface area contributed by atoms with Crippen LogP contribution in [0.25, 0.3) is 0 Å². The zero-order valence-electron chi connectivity index (χ0n) is 17.0. The van der Waals surface area contributed by atoms with Gasteiger partial charge in [-0.15, -0.1) is 0 Å². The normalized spacial score (nSPS) is 24.8. The average Bonchev–Trinajstić information content (AvgIpc) is 3.31. The molecule has 9 nitrogen and oxygen atoms in total. The molecule has 1 saturated heterocycles. The summed E-state index contributed by atoms with van der Waals surface area (Å²) in [5.74, 6) is 0.233. The molecule has 160 valence electrons. The molecule has 9 heteroatoms. The first-order chi connectivity index (χ1) is 14.9. The van der Waals surface area contributed by atoms with Crippen LogP contribution < -0.4 is 20.5 Å². The van der Waals surface area contributed by atoms with Gasteiger partial charge in [0.15, 0.2) is 11.5 Å². The Labute approximate surface area is 178 Å². The zero-order chi connectivity index (χ0) is 21.8. The Balaban J connectivity index is 1.41. The van der Waals surface area contributed by atoms with Crippen molar-refractivity contribution in [2.75, 3.05) is 13.5 Å². The number of urea groups is 1. The number of imide groups is 1. The van der Waals surface area contributed by atoms with Crippen LogP contribution in [-0.2, 0) is 28.1 Å². The van der Waals surface area contributed by atoms with Crippen LogP contribution in [0.1, 0.15) is 23.6 Å². The van der Waals surface area contributed by atoms with Crippen LogP contribution in [0.15, 0.2) is 42.5 Å². The highest BCUT2D eigenvalue weighted by Gasteiger charge is 2.50. The predicted molar refractivity (Wildman–Crippen MR) is 109 cm³/mol. The highest BCUT2D eigenvalue weighted by atomic mass is 16.7. The third-order valence-electron chi connectivity index (χ3n) is 6.22. The first kappa shape index (κ1) is 19.4. The van der Waals surface area contributed by atoms with E-state index in [4.69, 9.17) is 15.2 Å². The number of ether oxygens (including phenoxy) is 2. The summed E-state index contributed by atoms with van der Waals surface area (Å²) in [5, 5.41) is 2.79. The number of benzene rings is 2. The summed E-state index contributed by atoms with van der Waals surface area (Å²) in [7, 11) is 0. The van der Waals surface area contributed by atoms with Gasteiger partial charge in [-0.05, 0) is 42.2 Å². The van der Waals surface area contributed by atoms with E-state index in [0.717, 1.165) is 16.0 Å². The fraction of sp³-hybridized carbons (Fsp3) is 0.318. The average molecular weight is 422 g/mol. The lowest BCUT2D eigenvalue weighted by molar-refractivity contribution is -0.135. The van der Waals surface area contributed by atoms with E-state index in [9.17, 15) is 14.4 Å². The Kier molecular flexibility index (Phi) is 4.37. The Bertz CT molecular complexity index is 1100. The summed E-state index contributed by atoms with van der Waals surface area (Å²) in [6, 6.07) is 11.8. The van der Waals surface area contributed by atoms with Gasteiger partial charge in [-0.25, -0.2) is 9.69 Å². The summed E-state index contributed by atoms with van der Waals surface area (Å²) in [4.78, 5) is 41.2. The van der Waals surface area contributed by atoms with Crippen molar-refractivity contribution in [3.8, 4) is 11.5 Å². The number of hydrogen-bond acceptors (Lipinski definition) is 6. The third kappa shape index (κ3) is 3.09. The van der Waals surface area contributed by atoms with Gasteiger partial charge in [0, 0.05) is 6.54 Å². The molecule has 31 heavy (non-hydrogen) atoms. The van der Waals surface area contributed by atoms with Gasteiger partial charge in [-0.3, -0.25) is 14.5 Å². The second-order valence-corrected chi connectivity index (χ2v) is 8.14. The van der Waals surface area contributed by atoms with Gasteiger partial charge in [0.25, 0.3) is 5.91 Å². The number of nitrogens with one attached hydrogen (secondary N) is 1. The number of amides is 4.